The van der Waals surface area contributed by atoms with Crippen LogP contribution in [0.5, 0.6) is 0 Å². The van der Waals surface area contributed by atoms with E-state index >= 15 is 0 Å². The van der Waals surface area contributed by atoms with Crippen molar-refractivity contribution in [3.63, 3.8) is 0 Å². The second-order valence-corrected chi connectivity index (χ2v) is 7.08. The molecule has 0 aromatic heterocycles. The number of nitrogens with one attached hydrogen (secondary N) is 3. The zero-order valence-corrected chi connectivity index (χ0v) is 14.9. The molecule has 1 saturated carbocycles. The second-order valence-electron chi connectivity index (χ2n) is 7.08. The summed E-state index contributed by atoms with van der Waals surface area (Å²) in [5.74, 6) is 0.605. The predicted molar refractivity (Wildman–Crippen MR) is 91.8 cm³/mol. The molecule has 3 N–H and O–H groups in total. The summed E-state index contributed by atoms with van der Waals surface area (Å²) >= 11 is 0. The summed E-state index contributed by atoms with van der Waals surface area (Å²) in [6, 6.07) is -0.426. The SMILES string of the molecule is CCC1CCC2(CC1)NC(=O)N(CC(=O)NCC1CNC1)C2=O.Cl. The van der Waals surface area contributed by atoms with Crippen molar-refractivity contribution in [3.05, 3.63) is 0 Å². The highest BCUT2D eigenvalue weighted by molar-refractivity contribution is 6.09. The number of rotatable bonds is 5. The number of amides is 4. The number of imide groups is 1. The van der Waals surface area contributed by atoms with Gasteiger partial charge in [-0.2, -0.15) is 0 Å². The molecule has 0 bridgehead atoms. The molecule has 24 heavy (non-hydrogen) atoms. The number of nitrogens with zero attached hydrogens (tertiary/aromatic N) is 1. The first-order chi connectivity index (χ1) is 11.0. The molecule has 136 valence electrons. The average Bonchev–Trinajstić information content (AvgIpc) is 2.71. The van der Waals surface area contributed by atoms with Crippen LogP contribution >= 0.6 is 12.4 Å². The lowest BCUT2D eigenvalue weighted by atomic mass is 9.75. The Kier molecular flexibility index (Phi) is 6.09. The van der Waals surface area contributed by atoms with E-state index in [1.165, 1.54) is 0 Å². The van der Waals surface area contributed by atoms with Gasteiger partial charge in [-0.15, -0.1) is 12.4 Å². The fourth-order valence-electron chi connectivity index (χ4n) is 3.69. The van der Waals surface area contributed by atoms with Gasteiger partial charge in [-0.05, 0) is 31.6 Å². The Labute approximate surface area is 148 Å². The molecule has 2 saturated heterocycles. The highest BCUT2D eigenvalue weighted by Gasteiger charge is 2.52. The standard InChI is InChI=1S/C16H26N4O3.ClH/c1-2-11-3-5-16(6-4-11)14(22)20(15(23)19-16)10-13(21)18-9-12-7-17-8-12;/h11-12,17H,2-10H2,1H3,(H,18,21)(H,19,23);1H. The fraction of sp³-hybridized carbons (Fsp3) is 0.812. The zero-order valence-electron chi connectivity index (χ0n) is 14.1. The van der Waals surface area contributed by atoms with Crippen molar-refractivity contribution in [2.24, 2.45) is 11.8 Å². The van der Waals surface area contributed by atoms with Gasteiger partial charge in [0.1, 0.15) is 12.1 Å². The molecular formula is C16H27ClN4O3. The fourth-order valence-corrected chi connectivity index (χ4v) is 3.69. The molecule has 3 rings (SSSR count). The van der Waals surface area contributed by atoms with Crippen molar-refractivity contribution in [2.75, 3.05) is 26.2 Å². The molecule has 0 aromatic rings. The van der Waals surface area contributed by atoms with Crippen molar-refractivity contribution in [3.8, 4) is 0 Å². The van der Waals surface area contributed by atoms with Crippen molar-refractivity contribution < 1.29 is 14.4 Å². The summed E-state index contributed by atoms with van der Waals surface area (Å²) in [6.45, 7) is 4.39. The highest BCUT2D eigenvalue weighted by atomic mass is 35.5. The first-order valence-corrected chi connectivity index (χ1v) is 8.65. The van der Waals surface area contributed by atoms with Gasteiger partial charge >= 0.3 is 6.03 Å². The average molecular weight is 359 g/mol. The molecule has 1 spiro atoms. The maximum Gasteiger partial charge on any atom is 0.325 e. The van der Waals surface area contributed by atoms with Crippen molar-refractivity contribution in [1.82, 2.24) is 20.9 Å². The number of hydrogen-bond donors (Lipinski definition) is 3. The maximum absolute atomic E-state index is 12.7. The summed E-state index contributed by atoms with van der Waals surface area (Å²) < 4.78 is 0. The van der Waals surface area contributed by atoms with Gasteiger partial charge in [0.15, 0.2) is 0 Å². The topological polar surface area (TPSA) is 90.5 Å². The van der Waals surface area contributed by atoms with Crippen LogP contribution in [0.1, 0.15) is 39.0 Å². The van der Waals surface area contributed by atoms with Crippen molar-refractivity contribution >= 4 is 30.3 Å². The number of carbonyl (C=O) groups is 3. The van der Waals surface area contributed by atoms with Crippen LogP contribution in [0.15, 0.2) is 0 Å². The minimum Gasteiger partial charge on any atom is -0.354 e. The number of carbonyl (C=O) groups excluding carboxylic acids is 3. The van der Waals surface area contributed by atoms with Crippen LogP contribution in [0.3, 0.4) is 0 Å². The molecule has 8 heteroatoms. The third-order valence-electron chi connectivity index (χ3n) is 5.54. The van der Waals surface area contributed by atoms with Gasteiger partial charge < -0.3 is 16.0 Å². The first kappa shape index (κ1) is 19.0. The van der Waals surface area contributed by atoms with E-state index in [9.17, 15) is 14.4 Å². The van der Waals surface area contributed by atoms with Crippen LogP contribution in [-0.2, 0) is 9.59 Å². The molecule has 0 radical (unpaired) electrons. The molecule has 1 aliphatic carbocycles. The minimum atomic E-state index is -0.763. The lowest BCUT2D eigenvalue weighted by Gasteiger charge is -2.34. The molecular weight excluding hydrogens is 332 g/mol. The van der Waals surface area contributed by atoms with Gasteiger partial charge in [0.2, 0.25) is 5.91 Å². The van der Waals surface area contributed by atoms with E-state index in [1.54, 1.807) is 0 Å². The third-order valence-corrected chi connectivity index (χ3v) is 5.54. The van der Waals surface area contributed by atoms with Crippen LogP contribution in [0.2, 0.25) is 0 Å². The third kappa shape index (κ3) is 3.67. The summed E-state index contributed by atoms with van der Waals surface area (Å²) in [5, 5.41) is 8.80. The Bertz CT molecular complexity index is 502. The summed E-state index contributed by atoms with van der Waals surface area (Å²) in [5.41, 5.74) is -0.763. The van der Waals surface area contributed by atoms with E-state index in [0.717, 1.165) is 37.3 Å². The largest absolute Gasteiger partial charge is 0.354 e. The van der Waals surface area contributed by atoms with E-state index in [2.05, 4.69) is 22.9 Å². The van der Waals surface area contributed by atoms with Crippen LogP contribution in [0, 0.1) is 11.8 Å². The summed E-state index contributed by atoms with van der Waals surface area (Å²) in [4.78, 5) is 37.9. The molecule has 2 aliphatic heterocycles. The Morgan fingerprint density at radius 2 is 1.92 bits per heavy atom. The Morgan fingerprint density at radius 3 is 2.46 bits per heavy atom. The van der Waals surface area contributed by atoms with Crippen LogP contribution in [-0.4, -0.2) is 54.5 Å². The molecule has 0 atom stereocenters. The molecule has 7 nitrogen and oxygen atoms in total. The lowest BCUT2D eigenvalue weighted by Crippen LogP contribution is -2.51. The highest BCUT2D eigenvalue weighted by Crippen LogP contribution is 2.37. The Morgan fingerprint density at radius 1 is 1.25 bits per heavy atom. The normalized spacial score (nSPS) is 29.9. The number of hydrogen-bond acceptors (Lipinski definition) is 4. The van der Waals surface area contributed by atoms with Gasteiger partial charge in [-0.3, -0.25) is 14.5 Å². The molecule has 2 heterocycles. The Balaban J connectivity index is 0.00000208. The molecule has 4 amide bonds. The number of halogens is 1. The monoisotopic (exact) mass is 358 g/mol. The second kappa shape index (κ2) is 7.70. The van der Waals surface area contributed by atoms with Gasteiger partial charge in [0, 0.05) is 25.6 Å². The van der Waals surface area contributed by atoms with E-state index < -0.39 is 11.6 Å². The van der Waals surface area contributed by atoms with Crippen LogP contribution in [0.4, 0.5) is 4.79 Å². The van der Waals surface area contributed by atoms with Crippen molar-refractivity contribution in [1.29, 1.82) is 0 Å². The van der Waals surface area contributed by atoms with Crippen LogP contribution < -0.4 is 16.0 Å². The molecule has 0 aromatic carbocycles. The summed E-state index contributed by atoms with van der Waals surface area (Å²) in [7, 11) is 0. The van der Waals surface area contributed by atoms with Gasteiger partial charge in [-0.1, -0.05) is 13.3 Å². The maximum atomic E-state index is 12.7. The smallest absolute Gasteiger partial charge is 0.325 e. The lowest BCUT2D eigenvalue weighted by molar-refractivity contribution is -0.136. The zero-order chi connectivity index (χ0) is 16.4. The van der Waals surface area contributed by atoms with E-state index in [0.29, 0.717) is 31.2 Å². The first-order valence-electron chi connectivity index (χ1n) is 8.65. The van der Waals surface area contributed by atoms with E-state index in [4.69, 9.17) is 0 Å². The summed E-state index contributed by atoms with van der Waals surface area (Å²) in [6.07, 6.45) is 4.39. The van der Waals surface area contributed by atoms with E-state index in [-0.39, 0.29) is 30.8 Å². The van der Waals surface area contributed by atoms with Gasteiger partial charge in [0.05, 0.1) is 0 Å². The minimum absolute atomic E-state index is 0. The van der Waals surface area contributed by atoms with Crippen LogP contribution in [0.25, 0.3) is 0 Å². The molecule has 3 fully saturated rings. The van der Waals surface area contributed by atoms with Gasteiger partial charge in [-0.25, -0.2) is 4.79 Å². The van der Waals surface area contributed by atoms with E-state index in [1.807, 2.05) is 0 Å². The quantitative estimate of drug-likeness (QED) is 0.629. The number of urea groups is 1. The van der Waals surface area contributed by atoms with Crippen molar-refractivity contribution in [2.45, 2.75) is 44.6 Å². The molecule has 3 aliphatic rings. The molecule has 0 unspecified atom stereocenters. The van der Waals surface area contributed by atoms with Gasteiger partial charge in [0.25, 0.3) is 5.91 Å². The predicted octanol–water partition coefficient (Wildman–Crippen LogP) is 0.635. The Hall–Kier alpha value is -1.34.